The third kappa shape index (κ3) is 1.28. The Balaban J connectivity index is 2.83. The van der Waals surface area contributed by atoms with Crippen LogP contribution in [0.2, 0.25) is 0 Å². The van der Waals surface area contributed by atoms with Crippen molar-refractivity contribution in [2.75, 3.05) is 0 Å². The summed E-state index contributed by atoms with van der Waals surface area (Å²) in [6.07, 6.45) is 3.30. The average molecular weight is 136 g/mol. The number of rotatable bonds is 2. The quantitative estimate of drug-likeness (QED) is 0.430. The van der Waals surface area contributed by atoms with Gasteiger partial charge in [-0.05, 0) is 6.07 Å². The zero-order chi connectivity index (χ0) is 7.40. The minimum Gasteiger partial charge on any atom is -0.267 e. The first-order valence-electron chi connectivity index (χ1n) is 2.81. The first-order chi connectivity index (χ1) is 4.84. The smallest absolute Gasteiger partial charge is 0.0808 e. The SMILES string of the molecule is C=N/N=C\c1ccnn1C. The number of hydrogen-bond donors (Lipinski definition) is 0. The third-order valence-corrected chi connectivity index (χ3v) is 1.13. The summed E-state index contributed by atoms with van der Waals surface area (Å²) < 4.78 is 1.70. The largest absolute Gasteiger partial charge is 0.267 e. The second-order valence-electron chi connectivity index (χ2n) is 1.77. The summed E-state index contributed by atoms with van der Waals surface area (Å²) in [6.45, 7) is 3.21. The van der Waals surface area contributed by atoms with Crippen molar-refractivity contribution in [1.29, 1.82) is 0 Å². The van der Waals surface area contributed by atoms with Crippen molar-refractivity contribution in [3.8, 4) is 0 Å². The molecule has 0 N–H and O–H groups in total. The number of nitrogens with zero attached hydrogens (tertiary/aromatic N) is 4. The van der Waals surface area contributed by atoms with Crippen LogP contribution in [0.4, 0.5) is 0 Å². The summed E-state index contributed by atoms with van der Waals surface area (Å²) in [5.74, 6) is 0. The topological polar surface area (TPSA) is 42.5 Å². The monoisotopic (exact) mass is 136 g/mol. The van der Waals surface area contributed by atoms with Gasteiger partial charge in [-0.15, -0.1) is 0 Å². The van der Waals surface area contributed by atoms with E-state index in [9.17, 15) is 0 Å². The van der Waals surface area contributed by atoms with E-state index in [1.807, 2.05) is 13.1 Å². The molecule has 0 fully saturated rings. The molecule has 0 aliphatic rings. The lowest BCUT2D eigenvalue weighted by atomic mass is 10.5. The van der Waals surface area contributed by atoms with E-state index in [1.54, 1.807) is 17.1 Å². The highest BCUT2D eigenvalue weighted by atomic mass is 15.3. The minimum atomic E-state index is 0.910. The van der Waals surface area contributed by atoms with Crippen LogP contribution < -0.4 is 0 Å². The molecule has 0 saturated heterocycles. The molecule has 0 saturated carbocycles. The number of aromatic nitrogens is 2. The second kappa shape index (κ2) is 2.91. The number of aryl methyl sites for hydroxylation is 1. The van der Waals surface area contributed by atoms with Gasteiger partial charge in [0.05, 0.1) is 11.9 Å². The highest BCUT2D eigenvalue weighted by Gasteiger charge is 1.90. The third-order valence-electron chi connectivity index (χ3n) is 1.13. The Bertz CT molecular complexity index is 248. The summed E-state index contributed by atoms with van der Waals surface area (Å²) in [7, 11) is 1.84. The van der Waals surface area contributed by atoms with Crippen LogP contribution in [-0.4, -0.2) is 22.7 Å². The minimum absolute atomic E-state index is 0.910. The summed E-state index contributed by atoms with van der Waals surface area (Å²) >= 11 is 0. The predicted octanol–water partition coefficient (Wildman–Crippen LogP) is 0.455. The molecule has 52 valence electrons. The molecule has 0 aliphatic carbocycles. The van der Waals surface area contributed by atoms with Gasteiger partial charge < -0.3 is 0 Å². The molecule has 4 nitrogen and oxygen atoms in total. The maximum Gasteiger partial charge on any atom is 0.0808 e. The van der Waals surface area contributed by atoms with E-state index >= 15 is 0 Å². The van der Waals surface area contributed by atoms with Gasteiger partial charge in [-0.2, -0.15) is 15.3 Å². The standard InChI is InChI=1S/C6H8N4/c1-7-8-5-6-3-4-9-10(6)2/h3-5H,1H2,2H3/b8-5-. The maximum atomic E-state index is 3.93. The van der Waals surface area contributed by atoms with Gasteiger partial charge >= 0.3 is 0 Å². The first-order valence-corrected chi connectivity index (χ1v) is 2.81. The molecule has 1 heterocycles. The zero-order valence-electron chi connectivity index (χ0n) is 5.73. The summed E-state index contributed by atoms with van der Waals surface area (Å²) in [5, 5.41) is 10.9. The van der Waals surface area contributed by atoms with Crippen molar-refractivity contribution < 1.29 is 0 Å². The fourth-order valence-electron chi connectivity index (χ4n) is 0.611. The van der Waals surface area contributed by atoms with Crippen molar-refractivity contribution >= 4 is 12.9 Å². The predicted molar refractivity (Wildman–Crippen MR) is 40.4 cm³/mol. The Labute approximate surface area is 58.9 Å². The van der Waals surface area contributed by atoms with Gasteiger partial charge in [0.25, 0.3) is 0 Å². The van der Waals surface area contributed by atoms with Crippen molar-refractivity contribution in [1.82, 2.24) is 9.78 Å². The summed E-state index contributed by atoms with van der Waals surface area (Å²) in [4.78, 5) is 0. The molecule has 0 amide bonds. The lowest BCUT2D eigenvalue weighted by Crippen LogP contribution is -1.95. The molecule has 0 bridgehead atoms. The van der Waals surface area contributed by atoms with Crippen molar-refractivity contribution in [3.05, 3.63) is 18.0 Å². The van der Waals surface area contributed by atoms with E-state index in [1.165, 1.54) is 0 Å². The molecule has 0 aliphatic heterocycles. The van der Waals surface area contributed by atoms with E-state index in [-0.39, 0.29) is 0 Å². The fraction of sp³-hybridized carbons (Fsp3) is 0.167. The van der Waals surface area contributed by atoms with Crippen molar-refractivity contribution in [2.24, 2.45) is 17.3 Å². The maximum absolute atomic E-state index is 3.93. The second-order valence-corrected chi connectivity index (χ2v) is 1.77. The molecule has 1 aromatic rings. The van der Waals surface area contributed by atoms with Gasteiger partial charge in [0, 0.05) is 20.0 Å². The van der Waals surface area contributed by atoms with Gasteiger partial charge in [0.2, 0.25) is 0 Å². The average Bonchev–Trinajstić information content (AvgIpc) is 2.31. The normalized spacial score (nSPS) is 10.5. The van der Waals surface area contributed by atoms with Crippen molar-refractivity contribution in [3.63, 3.8) is 0 Å². The highest BCUT2D eigenvalue weighted by Crippen LogP contribution is 1.90. The lowest BCUT2D eigenvalue weighted by Gasteiger charge is -1.89. The van der Waals surface area contributed by atoms with Crippen LogP contribution in [0.15, 0.2) is 22.5 Å². The molecular weight excluding hydrogens is 128 g/mol. The van der Waals surface area contributed by atoms with Crippen LogP contribution in [-0.2, 0) is 7.05 Å². The Morgan fingerprint density at radius 3 is 3.10 bits per heavy atom. The van der Waals surface area contributed by atoms with Gasteiger partial charge in [0.1, 0.15) is 0 Å². The van der Waals surface area contributed by atoms with Crippen molar-refractivity contribution in [2.45, 2.75) is 0 Å². The molecular formula is C6H8N4. The lowest BCUT2D eigenvalue weighted by molar-refractivity contribution is 0.761. The molecule has 10 heavy (non-hydrogen) atoms. The van der Waals surface area contributed by atoms with E-state index in [4.69, 9.17) is 0 Å². The van der Waals surface area contributed by atoms with Crippen LogP contribution in [0.5, 0.6) is 0 Å². The Morgan fingerprint density at radius 1 is 1.80 bits per heavy atom. The van der Waals surface area contributed by atoms with Gasteiger partial charge in [-0.25, -0.2) is 0 Å². The Morgan fingerprint density at radius 2 is 2.60 bits per heavy atom. The van der Waals surface area contributed by atoms with Crippen LogP contribution in [0.1, 0.15) is 5.69 Å². The first kappa shape index (κ1) is 6.67. The molecule has 0 aromatic carbocycles. The molecule has 0 unspecified atom stereocenters. The van der Waals surface area contributed by atoms with Gasteiger partial charge in [-0.3, -0.25) is 4.68 Å². The Hall–Kier alpha value is -1.45. The van der Waals surface area contributed by atoms with Crippen LogP contribution in [0.3, 0.4) is 0 Å². The van der Waals surface area contributed by atoms with E-state index in [2.05, 4.69) is 22.0 Å². The zero-order valence-corrected chi connectivity index (χ0v) is 5.73. The Kier molecular flexibility index (Phi) is 1.94. The molecule has 0 spiro atoms. The molecule has 1 rings (SSSR count). The van der Waals surface area contributed by atoms with Gasteiger partial charge in [0.15, 0.2) is 0 Å². The molecule has 0 atom stereocenters. The highest BCUT2D eigenvalue weighted by molar-refractivity contribution is 5.76. The van der Waals surface area contributed by atoms with Crippen LogP contribution >= 0.6 is 0 Å². The number of hydrogen-bond acceptors (Lipinski definition) is 3. The molecule has 4 heteroatoms. The fourth-order valence-corrected chi connectivity index (χ4v) is 0.611. The summed E-state index contributed by atoms with van der Waals surface area (Å²) in [6, 6.07) is 1.84. The van der Waals surface area contributed by atoms with E-state index in [0.717, 1.165) is 5.69 Å². The van der Waals surface area contributed by atoms with E-state index in [0.29, 0.717) is 0 Å². The van der Waals surface area contributed by atoms with Crippen LogP contribution in [0, 0.1) is 0 Å². The molecule has 1 aromatic heterocycles. The van der Waals surface area contributed by atoms with E-state index < -0.39 is 0 Å². The summed E-state index contributed by atoms with van der Waals surface area (Å²) in [5.41, 5.74) is 0.910. The molecule has 0 radical (unpaired) electrons. The van der Waals surface area contributed by atoms with Gasteiger partial charge in [-0.1, -0.05) is 0 Å². The van der Waals surface area contributed by atoms with Crippen LogP contribution in [0.25, 0.3) is 0 Å².